The van der Waals surface area contributed by atoms with Crippen molar-refractivity contribution in [1.29, 1.82) is 0 Å². The average Bonchev–Trinajstić information content (AvgIpc) is 2.53. The minimum atomic E-state index is -1.02. The predicted octanol–water partition coefficient (Wildman–Crippen LogP) is 2.72. The topological polar surface area (TPSA) is 39.9 Å². The van der Waals surface area contributed by atoms with Gasteiger partial charge in [-0.25, -0.2) is 4.68 Å². The molecule has 0 unspecified atom stereocenters. The third-order valence-electron chi connectivity index (χ3n) is 2.07. The van der Waals surface area contributed by atoms with Crippen LogP contribution < -0.4 is 0 Å². The first-order valence-electron chi connectivity index (χ1n) is 5.53. The van der Waals surface area contributed by atoms with Gasteiger partial charge in [0, 0.05) is 14.7 Å². The summed E-state index contributed by atoms with van der Waals surface area (Å²) in [4.78, 5) is 4.15. The van der Waals surface area contributed by atoms with Gasteiger partial charge in [0.15, 0.2) is 4.73 Å². The van der Waals surface area contributed by atoms with E-state index >= 15 is 0 Å². The SMILES string of the molecule is CC#Cc1nc(Br)n(COCC[Si](C)(C)C)n1. The summed E-state index contributed by atoms with van der Waals surface area (Å²) in [6.45, 7) is 9.95. The van der Waals surface area contributed by atoms with Crippen LogP contribution >= 0.6 is 15.9 Å². The molecule has 0 aliphatic heterocycles. The second-order valence-corrected chi connectivity index (χ2v) is 11.3. The van der Waals surface area contributed by atoms with E-state index in [2.05, 4.69) is 57.5 Å². The molecule has 0 N–H and O–H groups in total. The van der Waals surface area contributed by atoms with Crippen LogP contribution in [0.25, 0.3) is 0 Å². The van der Waals surface area contributed by atoms with Crippen LogP contribution in [0.15, 0.2) is 4.73 Å². The fourth-order valence-corrected chi connectivity index (χ4v) is 2.21. The first kappa shape index (κ1) is 14.4. The Morgan fingerprint density at radius 3 is 2.71 bits per heavy atom. The van der Waals surface area contributed by atoms with Crippen molar-refractivity contribution < 1.29 is 4.74 Å². The van der Waals surface area contributed by atoms with Crippen LogP contribution in [0, 0.1) is 11.8 Å². The summed E-state index contributed by atoms with van der Waals surface area (Å²) in [5.41, 5.74) is 0. The van der Waals surface area contributed by atoms with Gasteiger partial charge in [-0.3, -0.25) is 0 Å². The third-order valence-corrected chi connectivity index (χ3v) is 4.36. The second kappa shape index (κ2) is 6.33. The summed E-state index contributed by atoms with van der Waals surface area (Å²) in [5, 5.41) is 4.20. The molecule has 0 saturated carbocycles. The molecule has 6 heteroatoms. The number of aromatic nitrogens is 3. The zero-order chi connectivity index (χ0) is 12.9. The van der Waals surface area contributed by atoms with Crippen molar-refractivity contribution in [2.24, 2.45) is 0 Å². The smallest absolute Gasteiger partial charge is 0.226 e. The first-order valence-corrected chi connectivity index (χ1v) is 10.0. The van der Waals surface area contributed by atoms with Gasteiger partial charge in [-0.05, 0) is 34.8 Å². The number of nitrogens with zero attached hydrogens (tertiary/aromatic N) is 3. The molecule has 1 aromatic heterocycles. The molecule has 0 aliphatic carbocycles. The van der Waals surface area contributed by atoms with E-state index in [1.165, 1.54) is 0 Å². The number of hydrogen-bond acceptors (Lipinski definition) is 3. The Balaban J connectivity index is 2.43. The van der Waals surface area contributed by atoms with E-state index in [-0.39, 0.29) is 0 Å². The fraction of sp³-hybridized carbons (Fsp3) is 0.636. The van der Waals surface area contributed by atoms with Gasteiger partial charge in [0.2, 0.25) is 5.82 Å². The van der Waals surface area contributed by atoms with Crippen molar-refractivity contribution in [3.8, 4) is 11.8 Å². The summed E-state index contributed by atoms with van der Waals surface area (Å²) < 4.78 is 7.91. The highest BCUT2D eigenvalue weighted by Crippen LogP contribution is 2.09. The van der Waals surface area contributed by atoms with Crippen molar-refractivity contribution in [2.45, 2.75) is 39.3 Å². The Morgan fingerprint density at radius 1 is 1.41 bits per heavy atom. The lowest BCUT2D eigenvalue weighted by Crippen LogP contribution is -2.22. The van der Waals surface area contributed by atoms with E-state index in [9.17, 15) is 0 Å². The van der Waals surface area contributed by atoms with Crippen molar-refractivity contribution >= 4 is 24.0 Å². The zero-order valence-corrected chi connectivity index (χ0v) is 13.3. The molecule has 0 aliphatic rings. The number of halogens is 1. The highest BCUT2D eigenvalue weighted by atomic mass is 79.9. The van der Waals surface area contributed by atoms with Gasteiger partial charge in [0.25, 0.3) is 0 Å². The Hall–Kier alpha value is -0.643. The molecule has 0 atom stereocenters. The molecule has 0 aromatic carbocycles. The molecule has 0 radical (unpaired) electrons. The van der Waals surface area contributed by atoms with Crippen LogP contribution in [0.1, 0.15) is 12.7 Å². The van der Waals surface area contributed by atoms with Gasteiger partial charge in [0.1, 0.15) is 6.73 Å². The Bertz CT molecular complexity index is 428. The Labute approximate surface area is 112 Å². The van der Waals surface area contributed by atoms with Crippen LogP contribution in [0.4, 0.5) is 0 Å². The molecule has 1 heterocycles. The molecule has 0 fully saturated rings. The number of ether oxygens (including phenoxy) is 1. The van der Waals surface area contributed by atoms with Crippen LogP contribution in [0.3, 0.4) is 0 Å². The van der Waals surface area contributed by atoms with E-state index in [1.54, 1.807) is 11.6 Å². The number of rotatable bonds is 5. The highest BCUT2D eigenvalue weighted by Gasteiger charge is 2.12. The van der Waals surface area contributed by atoms with Crippen LogP contribution in [-0.4, -0.2) is 29.4 Å². The molecule has 1 rings (SSSR count). The molecule has 0 spiro atoms. The van der Waals surface area contributed by atoms with Gasteiger partial charge in [0.05, 0.1) is 0 Å². The molecule has 0 amide bonds. The van der Waals surface area contributed by atoms with Gasteiger partial charge < -0.3 is 4.74 Å². The fourth-order valence-electron chi connectivity index (χ4n) is 1.10. The maximum atomic E-state index is 5.59. The van der Waals surface area contributed by atoms with Crippen LogP contribution in [-0.2, 0) is 11.5 Å². The van der Waals surface area contributed by atoms with Crippen molar-refractivity contribution in [1.82, 2.24) is 14.8 Å². The van der Waals surface area contributed by atoms with Gasteiger partial charge in [-0.1, -0.05) is 25.6 Å². The van der Waals surface area contributed by atoms with Gasteiger partial charge >= 0.3 is 0 Å². The van der Waals surface area contributed by atoms with Crippen LogP contribution in [0.5, 0.6) is 0 Å². The largest absolute Gasteiger partial charge is 0.359 e. The van der Waals surface area contributed by atoms with E-state index in [1.807, 2.05) is 0 Å². The van der Waals surface area contributed by atoms with E-state index in [0.717, 1.165) is 12.7 Å². The number of hydrogen-bond donors (Lipinski definition) is 0. The van der Waals surface area contributed by atoms with Crippen molar-refractivity contribution in [3.63, 3.8) is 0 Å². The minimum Gasteiger partial charge on any atom is -0.359 e. The van der Waals surface area contributed by atoms with Gasteiger partial charge in [-0.2, -0.15) is 4.98 Å². The monoisotopic (exact) mass is 315 g/mol. The standard InChI is InChI=1S/C11H18BrN3OSi/c1-5-6-10-13-11(12)15(14-10)9-16-7-8-17(2,3)4/h7-9H2,1-4H3. The van der Waals surface area contributed by atoms with E-state index < -0.39 is 8.07 Å². The van der Waals surface area contributed by atoms with Gasteiger partial charge in [-0.15, -0.1) is 5.10 Å². The maximum absolute atomic E-state index is 5.59. The third kappa shape index (κ3) is 5.48. The lowest BCUT2D eigenvalue weighted by atomic mass is 10.6. The first-order chi connectivity index (χ1) is 7.92. The Morgan fingerprint density at radius 2 is 2.12 bits per heavy atom. The predicted molar refractivity (Wildman–Crippen MR) is 74.4 cm³/mol. The average molecular weight is 316 g/mol. The molecular weight excluding hydrogens is 298 g/mol. The highest BCUT2D eigenvalue weighted by molar-refractivity contribution is 9.10. The molecule has 4 nitrogen and oxygen atoms in total. The van der Waals surface area contributed by atoms with Crippen molar-refractivity contribution in [2.75, 3.05) is 6.61 Å². The molecule has 0 bridgehead atoms. The molecule has 0 saturated heterocycles. The lowest BCUT2D eigenvalue weighted by Gasteiger charge is -2.15. The summed E-state index contributed by atoms with van der Waals surface area (Å²) >= 11 is 3.33. The minimum absolute atomic E-state index is 0.420. The molecule has 17 heavy (non-hydrogen) atoms. The van der Waals surface area contributed by atoms with Crippen LogP contribution in [0.2, 0.25) is 25.7 Å². The second-order valence-electron chi connectivity index (χ2n) is 4.93. The molecule has 94 valence electrons. The summed E-state index contributed by atoms with van der Waals surface area (Å²) in [7, 11) is -1.02. The molecule has 1 aromatic rings. The summed E-state index contributed by atoms with van der Waals surface area (Å²) in [6.07, 6.45) is 0. The normalized spacial score (nSPS) is 11.1. The zero-order valence-electron chi connectivity index (χ0n) is 10.7. The molecular formula is C11H18BrN3OSi. The quantitative estimate of drug-likeness (QED) is 0.476. The van der Waals surface area contributed by atoms with E-state index in [4.69, 9.17) is 4.74 Å². The maximum Gasteiger partial charge on any atom is 0.226 e. The van der Waals surface area contributed by atoms with Crippen molar-refractivity contribution in [3.05, 3.63) is 10.6 Å². The Kier molecular flexibility index (Phi) is 5.37. The van der Waals surface area contributed by atoms with E-state index in [0.29, 0.717) is 17.3 Å². The summed E-state index contributed by atoms with van der Waals surface area (Å²) in [5.74, 6) is 6.10. The lowest BCUT2D eigenvalue weighted by molar-refractivity contribution is 0.0766. The summed E-state index contributed by atoms with van der Waals surface area (Å²) in [6, 6.07) is 1.15.